The van der Waals surface area contributed by atoms with Crippen molar-refractivity contribution in [3.63, 3.8) is 0 Å². The number of carbonyl (C=O) groups is 1. The molecule has 1 atom stereocenters. The van der Waals surface area contributed by atoms with Gasteiger partial charge in [-0.15, -0.1) is 10.2 Å². The lowest BCUT2D eigenvalue weighted by molar-refractivity contribution is 0.0957. The molecule has 3 heterocycles. The number of Topliss-reactive ketones (excluding diaryl/α,β-unsaturated/α-hetero) is 1. The Bertz CT molecular complexity index is 973. The molecule has 0 bridgehead atoms. The number of hydrogen-bond donors (Lipinski definition) is 1. The van der Waals surface area contributed by atoms with Gasteiger partial charge in [-0.25, -0.2) is 0 Å². The van der Waals surface area contributed by atoms with E-state index in [4.69, 9.17) is 0 Å². The molecule has 2 aromatic heterocycles. The molecule has 1 saturated heterocycles. The molecule has 1 fully saturated rings. The average molecular weight is 426 g/mol. The highest BCUT2D eigenvalue weighted by Gasteiger charge is 2.23. The Morgan fingerprint density at radius 2 is 1.97 bits per heavy atom. The minimum Gasteiger partial charge on any atom is -0.361 e. The zero-order chi connectivity index (χ0) is 20.9. The van der Waals surface area contributed by atoms with Crippen LogP contribution in [0.25, 0.3) is 10.9 Å². The first-order valence-corrected chi connectivity index (χ1v) is 11.9. The smallest absolute Gasteiger partial charge is 0.208 e. The first kappa shape index (κ1) is 21.0. The maximum absolute atomic E-state index is 13.0. The van der Waals surface area contributed by atoms with Gasteiger partial charge in [0.05, 0.1) is 0 Å². The summed E-state index contributed by atoms with van der Waals surface area (Å²) in [5.74, 6) is 0.450. The standard InChI is InChI=1S/C23H31N5OS/c1-3-7-17(14-18-16-24-20-9-6-5-8-19(18)20)15-21(29)22-25-26-23(30-22)28-12-10-27(4-2)11-13-28/h5-6,8-9,16-17,24H,3-4,7,10-15H2,1-2H3. The van der Waals surface area contributed by atoms with Crippen molar-refractivity contribution >= 4 is 33.2 Å². The van der Waals surface area contributed by atoms with E-state index >= 15 is 0 Å². The number of H-pyrrole nitrogens is 1. The highest BCUT2D eigenvalue weighted by atomic mass is 32.1. The van der Waals surface area contributed by atoms with Crippen molar-refractivity contribution < 1.29 is 4.79 Å². The van der Waals surface area contributed by atoms with Crippen LogP contribution in [0.15, 0.2) is 30.5 Å². The largest absolute Gasteiger partial charge is 0.361 e. The molecule has 160 valence electrons. The van der Waals surface area contributed by atoms with Crippen LogP contribution >= 0.6 is 11.3 Å². The molecule has 1 aliphatic rings. The van der Waals surface area contributed by atoms with Crippen molar-refractivity contribution in [2.75, 3.05) is 37.6 Å². The fraction of sp³-hybridized carbons (Fsp3) is 0.522. The topological polar surface area (TPSA) is 65.1 Å². The zero-order valence-electron chi connectivity index (χ0n) is 17.9. The summed E-state index contributed by atoms with van der Waals surface area (Å²) in [4.78, 5) is 21.0. The molecular weight excluding hydrogens is 394 g/mol. The van der Waals surface area contributed by atoms with E-state index < -0.39 is 0 Å². The monoisotopic (exact) mass is 425 g/mol. The number of aromatic nitrogens is 3. The fourth-order valence-corrected chi connectivity index (χ4v) is 5.20. The quantitative estimate of drug-likeness (QED) is 0.515. The van der Waals surface area contributed by atoms with Crippen molar-refractivity contribution in [1.29, 1.82) is 0 Å². The number of aromatic amines is 1. The molecule has 3 aromatic rings. The van der Waals surface area contributed by atoms with Crippen LogP contribution in [-0.4, -0.2) is 58.6 Å². The van der Waals surface area contributed by atoms with Crippen LogP contribution in [-0.2, 0) is 6.42 Å². The molecule has 7 heteroatoms. The van der Waals surface area contributed by atoms with Crippen molar-refractivity contribution in [3.8, 4) is 0 Å². The number of carbonyl (C=O) groups excluding carboxylic acids is 1. The van der Waals surface area contributed by atoms with Gasteiger partial charge in [-0.2, -0.15) is 0 Å². The highest BCUT2D eigenvalue weighted by molar-refractivity contribution is 7.17. The molecule has 1 aliphatic heterocycles. The maximum Gasteiger partial charge on any atom is 0.208 e. The van der Waals surface area contributed by atoms with Gasteiger partial charge in [-0.05, 0) is 36.9 Å². The summed E-state index contributed by atoms with van der Waals surface area (Å²) in [6.07, 6.45) is 5.65. The first-order chi connectivity index (χ1) is 14.7. The lowest BCUT2D eigenvalue weighted by atomic mass is 9.90. The number of benzene rings is 1. The summed E-state index contributed by atoms with van der Waals surface area (Å²) in [7, 11) is 0. The summed E-state index contributed by atoms with van der Waals surface area (Å²) in [5.41, 5.74) is 2.45. The fourth-order valence-electron chi connectivity index (χ4n) is 4.36. The molecule has 0 amide bonds. The number of likely N-dealkylation sites (N-methyl/N-ethyl adjacent to an activating group) is 1. The van der Waals surface area contributed by atoms with Gasteiger partial charge in [-0.3, -0.25) is 4.79 Å². The molecule has 6 nitrogen and oxygen atoms in total. The van der Waals surface area contributed by atoms with Gasteiger partial charge in [0.25, 0.3) is 0 Å². The van der Waals surface area contributed by atoms with Crippen LogP contribution < -0.4 is 4.90 Å². The van der Waals surface area contributed by atoms with E-state index in [0.29, 0.717) is 17.3 Å². The Morgan fingerprint density at radius 3 is 2.73 bits per heavy atom. The molecule has 4 rings (SSSR count). The number of anilines is 1. The summed E-state index contributed by atoms with van der Waals surface area (Å²) < 4.78 is 0. The normalized spacial score (nSPS) is 16.3. The lowest BCUT2D eigenvalue weighted by Crippen LogP contribution is -2.46. The number of nitrogens with zero attached hydrogens (tertiary/aromatic N) is 4. The molecule has 0 saturated carbocycles. The minimum atomic E-state index is 0.129. The molecular formula is C23H31N5OS. The third-order valence-corrected chi connectivity index (χ3v) is 7.12. The van der Waals surface area contributed by atoms with Crippen LogP contribution in [0.2, 0.25) is 0 Å². The summed E-state index contributed by atoms with van der Waals surface area (Å²) in [6.45, 7) is 9.46. The minimum absolute atomic E-state index is 0.129. The Balaban J connectivity index is 1.40. The van der Waals surface area contributed by atoms with Crippen LogP contribution in [0.5, 0.6) is 0 Å². The number of rotatable bonds is 9. The predicted molar refractivity (Wildman–Crippen MR) is 124 cm³/mol. The Kier molecular flexibility index (Phi) is 6.79. The number of nitrogens with one attached hydrogen (secondary N) is 1. The second-order valence-corrected chi connectivity index (χ2v) is 9.11. The van der Waals surface area contributed by atoms with Gasteiger partial charge in [0.1, 0.15) is 0 Å². The van der Waals surface area contributed by atoms with E-state index in [1.54, 1.807) is 0 Å². The third-order valence-electron chi connectivity index (χ3n) is 6.10. The van der Waals surface area contributed by atoms with Crippen molar-refractivity contribution in [2.24, 2.45) is 5.92 Å². The van der Waals surface area contributed by atoms with Gasteiger partial charge < -0.3 is 14.8 Å². The van der Waals surface area contributed by atoms with Crippen LogP contribution in [0.3, 0.4) is 0 Å². The summed E-state index contributed by atoms with van der Waals surface area (Å²) in [6, 6.07) is 8.37. The molecule has 0 aliphatic carbocycles. The summed E-state index contributed by atoms with van der Waals surface area (Å²) in [5, 5.41) is 11.3. The number of para-hydroxylation sites is 1. The van der Waals surface area contributed by atoms with E-state index in [0.717, 1.165) is 62.6 Å². The SMILES string of the molecule is CCCC(CC(=O)c1nnc(N2CCN(CC)CC2)s1)Cc1c[nH]c2ccccc12. The Labute approximate surface area is 182 Å². The zero-order valence-corrected chi connectivity index (χ0v) is 18.7. The van der Waals surface area contributed by atoms with E-state index in [9.17, 15) is 4.79 Å². The van der Waals surface area contributed by atoms with E-state index in [1.807, 2.05) is 6.07 Å². The van der Waals surface area contributed by atoms with Crippen LogP contribution in [0, 0.1) is 5.92 Å². The van der Waals surface area contributed by atoms with E-state index in [-0.39, 0.29) is 5.78 Å². The third kappa shape index (κ3) is 4.73. The van der Waals surface area contributed by atoms with E-state index in [2.05, 4.69) is 63.2 Å². The average Bonchev–Trinajstić information content (AvgIpc) is 3.42. The molecule has 0 spiro atoms. The van der Waals surface area contributed by atoms with Crippen molar-refractivity contribution in [1.82, 2.24) is 20.1 Å². The Hall–Kier alpha value is -2.25. The number of hydrogen-bond acceptors (Lipinski definition) is 6. The van der Waals surface area contributed by atoms with Gasteiger partial charge in [0.15, 0.2) is 10.8 Å². The molecule has 1 N–H and O–H groups in total. The number of piperazine rings is 1. The van der Waals surface area contributed by atoms with Gasteiger partial charge in [0.2, 0.25) is 5.13 Å². The van der Waals surface area contributed by atoms with Crippen molar-refractivity contribution in [2.45, 2.75) is 39.5 Å². The van der Waals surface area contributed by atoms with Gasteiger partial charge >= 0.3 is 0 Å². The lowest BCUT2D eigenvalue weighted by Gasteiger charge is -2.33. The molecule has 1 aromatic carbocycles. The van der Waals surface area contributed by atoms with Gasteiger partial charge in [0, 0.05) is 49.7 Å². The van der Waals surface area contributed by atoms with Crippen LogP contribution in [0.1, 0.15) is 48.5 Å². The van der Waals surface area contributed by atoms with E-state index in [1.165, 1.54) is 22.3 Å². The second-order valence-electron chi connectivity index (χ2n) is 8.16. The maximum atomic E-state index is 13.0. The van der Waals surface area contributed by atoms with Gasteiger partial charge in [-0.1, -0.05) is 49.8 Å². The molecule has 1 unspecified atom stereocenters. The Morgan fingerprint density at radius 1 is 1.17 bits per heavy atom. The second kappa shape index (κ2) is 9.71. The molecule has 30 heavy (non-hydrogen) atoms. The summed E-state index contributed by atoms with van der Waals surface area (Å²) >= 11 is 1.46. The highest BCUT2D eigenvalue weighted by Crippen LogP contribution is 2.27. The first-order valence-electron chi connectivity index (χ1n) is 11.1. The number of fused-ring (bicyclic) bond motifs is 1. The van der Waals surface area contributed by atoms with Crippen molar-refractivity contribution in [3.05, 3.63) is 41.0 Å². The predicted octanol–water partition coefficient (Wildman–Crippen LogP) is 4.39. The molecule has 0 radical (unpaired) electrons. The number of ketones is 1. The van der Waals surface area contributed by atoms with Crippen LogP contribution in [0.4, 0.5) is 5.13 Å².